The first-order chi connectivity index (χ1) is 35.2. The monoisotopic (exact) mass is 1070 g/mol. The average Bonchev–Trinajstić information content (AvgIpc) is 3.63. The van der Waals surface area contributed by atoms with Crippen LogP contribution in [-0.2, 0) is 46.3 Å². The lowest BCUT2D eigenvalue weighted by molar-refractivity contribution is -0.161. The third-order valence-electron chi connectivity index (χ3n) is 10.7. The Kier molecular flexibility index (Phi) is 35.5. The minimum Gasteiger partial charge on any atom is -0.462 e. The van der Waals surface area contributed by atoms with E-state index in [0.717, 1.165) is 75.0 Å². The fourth-order valence-electron chi connectivity index (χ4n) is 6.75. The maximum absolute atomic E-state index is 12.8. The molecule has 1 saturated heterocycles. The summed E-state index contributed by atoms with van der Waals surface area (Å²) in [7, 11) is -10.9. The zero-order chi connectivity index (χ0) is 53.4. The van der Waals surface area contributed by atoms with Crippen LogP contribution in [0.5, 0.6) is 0 Å². The topological polar surface area (TPSA) is 286 Å². The summed E-state index contributed by atoms with van der Waals surface area (Å²) in [5, 5.41) is 29.7. The highest BCUT2D eigenvalue weighted by molar-refractivity contribution is 7.61. The number of phosphoric ester groups is 2. The predicted octanol–water partition coefficient (Wildman–Crippen LogP) is 9.41. The first-order valence-electron chi connectivity index (χ1n) is 25.4. The lowest BCUT2D eigenvalue weighted by atomic mass is 10.1. The third-order valence-corrected chi connectivity index (χ3v) is 13.3. The number of anilines is 1. The number of esters is 2. The summed E-state index contributed by atoms with van der Waals surface area (Å²) in [6, 6.07) is 1.24. The van der Waals surface area contributed by atoms with E-state index >= 15 is 0 Å². The van der Waals surface area contributed by atoms with Crippen molar-refractivity contribution in [3.05, 3.63) is 120 Å². The number of aliphatic hydroxyl groups excluding tert-OH is 3. The van der Waals surface area contributed by atoms with Crippen LogP contribution in [0.25, 0.3) is 0 Å². The van der Waals surface area contributed by atoms with Crippen molar-refractivity contribution >= 4 is 33.4 Å². The number of nitrogens with two attached hydrogens (primary N) is 1. The van der Waals surface area contributed by atoms with Crippen LogP contribution >= 0.6 is 15.6 Å². The molecular formula is C52H81N3O16P2. The van der Waals surface area contributed by atoms with Gasteiger partial charge in [-0.25, -0.2) is 13.9 Å². The molecule has 1 aromatic heterocycles. The fraction of sp³-hybridized carbons (Fsp3) is 0.577. The van der Waals surface area contributed by atoms with E-state index in [0.29, 0.717) is 32.1 Å². The number of rotatable bonds is 41. The smallest absolute Gasteiger partial charge is 0.462 e. The zero-order valence-corrected chi connectivity index (χ0v) is 44.1. The van der Waals surface area contributed by atoms with Crippen LogP contribution in [0.4, 0.5) is 5.82 Å². The summed E-state index contributed by atoms with van der Waals surface area (Å²) < 4.78 is 56.6. The van der Waals surface area contributed by atoms with Crippen LogP contribution in [-0.4, -0.2) is 97.4 Å². The molecule has 1 fully saturated rings. The lowest BCUT2D eigenvalue weighted by Crippen LogP contribution is -2.36. The lowest BCUT2D eigenvalue weighted by Gasteiger charge is -2.21. The summed E-state index contributed by atoms with van der Waals surface area (Å²) >= 11 is 0. The van der Waals surface area contributed by atoms with E-state index < -0.39 is 83.7 Å². The van der Waals surface area contributed by atoms with Crippen LogP contribution in [0.3, 0.4) is 0 Å². The second-order valence-electron chi connectivity index (χ2n) is 17.0. The van der Waals surface area contributed by atoms with Crippen molar-refractivity contribution in [1.82, 2.24) is 9.55 Å². The molecule has 0 amide bonds. The molecule has 410 valence electrons. The van der Waals surface area contributed by atoms with Gasteiger partial charge in [-0.1, -0.05) is 123 Å². The van der Waals surface area contributed by atoms with E-state index in [4.69, 9.17) is 34.1 Å². The van der Waals surface area contributed by atoms with Crippen molar-refractivity contribution in [2.75, 3.05) is 32.2 Å². The highest BCUT2D eigenvalue weighted by Crippen LogP contribution is 2.60. The Morgan fingerprint density at radius 1 is 0.685 bits per heavy atom. The van der Waals surface area contributed by atoms with Crippen molar-refractivity contribution in [2.24, 2.45) is 0 Å². The number of hydrogen-bond donors (Lipinski definition) is 6. The summed E-state index contributed by atoms with van der Waals surface area (Å²) in [6.45, 7) is 0.00522. The van der Waals surface area contributed by atoms with Gasteiger partial charge in [0.25, 0.3) is 0 Å². The van der Waals surface area contributed by atoms with Crippen LogP contribution in [0.1, 0.15) is 142 Å². The van der Waals surface area contributed by atoms with Gasteiger partial charge < -0.3 is 45.1 Å². The SMILES string of the molecule is CCCCC/C=C\C/C=C\C/C=C\C/C=C\CCCC(=O)OC[C@H](COP(=O)(O)OP(=O)(O)OC[C@H]1O[C@@H](n2ccc(N)nc2=O)[C@H](O)[C@@H]1O)OC(=O)CCC/C=C\C/C=C\C/C=C\C/C=C\CCCCCO. The van der Waals surface area contributed by atoms with Gasteiger partial charge in [-0.2, -0.15) is 9.29 Å². The number of carbonyl (C=O) groups is 2. The molecule has 0 aliphatic carbocycles. The van der Waals surface area contributed by atoms with Crippen LogP contribution in [0, 0.1) is 0 Å². The first kappa shape index (κ1) is 64.8. The number of unbranched alkanes of at least 4 members (excludes halogenated alkanes) is 8. The van der Waals surface area contributed by atoms with Gasteiger partial charge in [0, 0.05) is 25.6 Å². The number of nitrogens with zero attached hydrogens (tertiary/aromatic N) is 2. The minimum atomic E-state index is -5.46. The molecule has 7 N–H and O–H groups in total. The Labute approximate surface area is 431 Å². The van der Waals surface area contributed by atoms with Gasteiger partial charge in [0.2, 0.25) is 0 Å². The summed E-state index contributed by atoms with van der Waals surface area (Å²) in [5.41, 5.74) is 4.57. The molecule has 2 rings (SSSR count). The van der Waals surface area contributed by atoms with Crippen molar-refractivity contribution < 1.29 is 71.4 Å². The highest BCUT2D eigenvalue weighted by atomic mass is 31.3. The molecule has 7 atom stereocenters. The van der Waals surface area contributed by atoms with Crippen molar-refractivity contribution in [3.63, 3.8) is 0 Å². The summed E-state index contributed by atoms with van der Waals surface area (Å²) in [4.78, 5) is 61.9. The fourth-order valence-corrected chi connectivity index (χ4v) is 8.86. The van der Waals surface area contributed by atoms with Gasteiger partial charge in [-0.05, 0) is 102 Å². The normalized spacial score (nSPS) is 19.8. The molecule has 1 aliphatic heterocycles. The molecule has 0 aromatic carbocycles. The molecule has 0 radical (unpaired) electrons. The van der Waals surface area contributed by atoms with Gasteiger partial charge in [0.05, 0.1) is 13.2 Å². The Hall–Kier alpha value is -4.36. The molecule has 0 bridgehead atoms. The molecule has 21 heteroatoms. The maximum Gasteiger partial charge on any atom is 0.481 e. The quantitative estimate of drug-likeness (QED) is 0.0154. The van der Waals surface area contributed by atoms with Crippen molar-refractivity contribution in [1.29, 1.82) is 0 Å². The number of ether oxygens (including phenoxy) is 3. The van der Waals surface area contributed by atoms with Gasteiger partial charge in [-0.15, -0.1) is 0 Å². The number of allylic oxidation sites excluding steroid dienone is 16. The van der Waals surface area contributed by atoms with Crippen LogP contribution < -0.4 is 11.4 Å². The summed E-state index contributed by atoms with van der Waals surface area (Å²) in [5.74, 6) is -1.46. The van der Waals surface area contributed by atoms with Crippen LogP contribution in [0.2, 0.25) is 0 Å². The molecule has 73 heavy (non-hydrogen) atoms. The van der Waals surface area contributed by atoms with E-state index in [-0.39, 0.29) is 25.3 Å². The third kappa shape index (κ3) is 32.5. The van der Waals surface area contributed by atoms with E-state index in [2.05, 4.69) is 83.1 Å². The van der Waals surface area contributed by atoms with Crippen molar-refractivity contribution in [3.8, 4) is 0 Å². The minimum absolute atomic E-state index is 0.0283. The molecule has 2 unspecified atom stereocenters. The van der Waals surface area contributed by atoms with E-state index in [1.165, 1.54) is 25.3 Å². The van der Waals surface area contributed by atoms with Gasteiger partial charge in [0.1, 0.15) is 30.7 Å². The maximum atomic E-state index is 12.8. The Morgan fingerprint density at radius 3 is 1.67 bits per heavy atom. The molecule has 1 aromatic rings. The van der Waals surface area contributed by atoms with Gasteiger partial charge in [-0.3, -0.25) is 23.2 Å². The Bertz CT molecular complexity index is 2100. The highest BCUT2D eigenvalue weighted by Gasteiger charge is 2.46. The largest absolute Gasteiger partial charge is 0.481 e. The van der Waals surface area contributed by atoms with E-state index in [1.54, 1.807) is 0 Å². The second-order valence-corrected chi connectivity index (χ2v) is 20.1. The molecule has 2 heterocycles. The summed E-state index contributed by atoms with van der Waals surface area (Å²) in [6.07, 6.45) is 42.3. The van der Waals surface area contributed by atoms with E-state index in [1.807, 2.05) is 30.4 Å². The number of carbonyl (C=O) groups excluding carboxylic acids is 2. The predicted molar refractivity (Wildman–Crippen MR) is 281 cm³/mol. The van der Waals surface area contributed by atoms with Gasteiger partial charge in [0.15, 0.2) is 12.3 Å². The number of phosphoric acid groups is 2. The standard InChI is InChI=1S/C52H81N3O16P2/c1-2-3-4-5-6-7-8-9-10-12-15-18-21-24-27-30-33-36-47(57)66-41-44(69-48(58)37-34-31-28-25-22-19-16-13-11-14-17-20-23-26-29-32-35-40-56)42-67-72(62,63)71-73(64,65)68-43-45-49(59)50(60)51(70-45)55-39-38-46(53)54-52(55)61/h6-7,9-11,14-16,18-20,23-25,27-28,38-39,44-45,49-51,56,59-60H,2-5,8,12-13,17,21-22,26,29-37,40-43H2,1H3,(H,62,63)(H,64,65)(H2,53,54,61)/b7-6-,10-9-,14-11-,18-15-,19-16-,23-20-,27-24-,28-25-/t44-,45-,49-,50-,51-/m1/s1. The number of nitrogen functional groups attached to an aromatic ring is 1. The molecule has 1 aliphatic rings. The first-order valence-corrected chi connectivity index (χ1v) is 28.3. The molecular weight excluding hydrogens is 985 g/mol. The zero-order valence-electron chi connectivity index (χ0n) is 42.3. The number of aromatic nitrogens is 2. The van der Waals surface area contributed by atoms with Crippen LogP contribution in [0.15, 0.2) is 114 Å². The number of hydrogen-bond acceptors (Lipinski definition) is 16. The molecule has 0 saturated carbocycles. The number of aliphatic hydroxyl groups is 3. The van der Waals surface area contributed by atoms with Crippen molar-refractivity contribution in [2.45, 2.75) is 166 Å². The van der Waals surface area contributed by atoms with E-state index in [9.17, 15) is 43.5 Å². The second kappa shape index (κ2) is 40.0. The Balaban J connectivity index is 1.86. The Morgan fingerprint density at radius 2 is 1.16 bits per heavy atom. The average molecular weight is 1070 g/mol. The van der Waals surface area contributed by atoms with Gasteiger partial charge >= 0.3 is 33.3 Å². The molecule has 19 nitrogen and oxygen atoms in total. The molecule has 0 spiro atoms.